The van der Waals surface area contributed by atoms with Gasteiger partial charge in [0.2, 0.25) is 5.88 Å². The molecule has 2 nitrogen and oxygen atoms in total. The highest BCUT2D eigenvalue weighted by Gasteiger charge is 2.12. The van der Waals surface area contributed by atoms with Crippen molar-refractivity contribution < 1.29 is 4.74 Å². The maximum atomic E-state index is 5.93. The molecule has 1 aromatic carbocycles. The molecule has 0 unspecified atom stereocenters. The molecule has 0 fully saturated rings. The van der Waals surface area contributed by atoms with Crippen LogP contribution in [0.4, 0.5) is 0 Å². The van der Waals surface area contributed by atoms with Gasteiger partial charge in [-0.25, -0.2) is 4.98 Å². The van der Waals surface area contributed by atoms with Gasteiger partial charge in [-0.2, -0.15) is 0 Å². The van der Waals surface area contributed by atoms with E-state index in [9.17, 15) is 0 Å². The lowest BCUT2D eigenvalue weighted by molar-refractivity contribution is 0.451. The van der Waals surface area contributed by atoms with Crippen LogP contribution in [0.2, 0.25) is 0 Å². The average Bonchev–Trinajstić information content (AvgIpc) is 2.34. The van der Waals surface area contributed by atoms with Crippen molar-refractivity contribution in [1.29, 1.82) is 0 Å². The lowest BCUT2D eigenvalue weighted by atomic mass is 10.0. The van der Waals surface area contributed by atoms with Crippen LogP contribution in [0, 0.1) is 6.92 Å². The lowest BCUT2D eigenvalue weighted by Crippen LogP contribution is -1.96. The molecule has 0 bridgehead atoms. The minimum atomic E-state index is 0.386. The first-order valence-electron chi connectivity index (χ1n) is 6.07. The first-order chi connectivity index (χ1) is 8.97. The smallest absolute Gasteiger partial charge is 0.233 e. The second kappa shape index (κ2) is 6.06. The summed E-state index contributed by atoms with van der Waals surface area (Å²) in [4.78, 5) is 4.32. The fraction of sp³-hybridized carbons (Fsp3) is 0.267. The van der Waals surface area contributed by atoms with E-state index < -0.39 is 0 Å². The van der Waals surface area contributed by atoms with Gasteiger partial charge in [0.1, 0.15) is 5.75 Å². The topological polar surface area (TPSA) is 22.1 Å². The van der Waals surface area contributed by atoms with Crippen LogP contribution in [0.25, 0.3) is 0 Å². The van der Waals surface area contributed by atoms with E-state index in [4.69, 9.17) is 4.74 Å². The molecular formula is C15H15Br2NO. The number of aromatic nitrogens is 1. The maximum Gasteiger partial charge on any atom is 0.233 e. The number of pyridine rings is 1. The van der Waals surface area contributed by atoms with Crippen LogP contribution in [-0.2, 0) is 0 Å². The minimum Gasteiger partial charge on any atom is -0.438 e. The van der Waals surface area contributed by atoms with Gasteiger partial charge in [-0.15, -0.1) is 0 Å². The Labute approximate surface area is 130 Å². The molecule has 0 saturated heterocycles. The summed E-state index contributed by atoms with van der Waals surface area (Å²) < 4.78 is 7.85. The summed E-state index contributed by atoms with van der Waals surface area (Å²) in [5.41, 5.74) is 2.25. The number of ether oxygens (including phenoxy) is 1. The van der Waals surface area contributed by atoms with E-state index in [1.165, 1.54) is 0 Å². The molecule has 0 atom stereocenters. The van der Waals surface area contributed by atoms with Gasteiger partial charge in [-0.3, -0.25) is 0 Å². The molecular weight excluding hydrogens is 370 g/mol. The van der Waals surface area contributed by atoms with Gasteiger partial charge in [0.25, 0.3) is 0 Å². The van der Waals surface area contributed by atoms with Gasteiger partial charge in [-0.1, -0.05) is 29.8 Å². The first kappa shape index (κ1) is 14.5. The summed E-state index contributed by atoms with van der Waals surface area (Å²) in [6, 6.07) is 8.02. The van der Waals surface area contributed by atoms with Crippen molar-refractivity contribution >= 4 is 31.9 Å². The van der Waals surface area contributed by atoms with Gasteiger partial charge in [0, 0.05) is 10.7 Å². The summed E-state index contributed by atoms with van der Waals surface area (Å²) in [7, 11) is 0. The van der Waals surface area contributed by atoms with Crippen molar-refractivity contribution in [2.75, 3.05) is 0 Å². The molecule has 4 heteroatoms. The molecule has 0 saturated carbocycles. The second-order valence-corrected chi connectivity index (χ2v) is 6.51. The quantitative estimate of drug-likeness (QED) is 0.663. The standard InChI is InChI=1S/C15H15Br2NO/c1-9(2)12-7-11(16)4-5-14(12)19-15-13(17)6-10(3)8-18-15/h4-9H,1-3H3. The second-order valence-electron chi connectivity index (χ2n) is 4.74. The number of hydrogen-bond donors (Lipinski definition) is 0. The Hall–Kier alpha value is -0.870. The molecule has 0 aliphatic rings. The molecule has 100 valence electrons. The fourth-order valence-corrected chi connectivity index (χ4v) is 2.69. The average molecular weight is 385 g/mol. The Bertz CT molecular complexity index is 597. The molecule has 0 aliphatic heterocycles. The Morgan fingerprint density at radius 3 is 2.53 bits per heavy atom. The molecule has 2 aromatic rings. The molecule has 0 N–H and O–H groups in total. The van der Waals surface area contributed by atoms with Crippen molar-refractivity contribution in [3.8, 4) is 11.6 Å². The Balaban J connectivity index is 2.38. The number of rotatable bonds is 3. The van der Waals surface area contributed by atoms with Crippen LogP contribution < -0.4 is 4.74 Å². The highest BCUT2D eigenvalue weighted by atomic mass is 79.9. The number of hydrogen-bond acceptors (Lipinski definition) is 2. The molecule has 19 heavy (non-hydrogen) atoms. The van der Waals surface area contributed by atoms with Crippen LogP contribution in [0.1, 0.15) is 30.9 Å². The van der Waals surface area contributed by atoms with Gasteiger partial charge in [0.15, 0.2) is 0 Å². The van der Waals surface area contributed by atoms with Crippen LogP contribution in [0.5, 0.6) is 11.6 Å². The predicted molar refractivity (Wildman–Crippen MR) is 85.0 cm³/mol. The van der Waals surface area contributed by atoms with Crippen LogP contribution in [-0.4, -0.2) is 4.98 Å². The zero-order valence-corrected chi connectivity index (χ0v) is 14.2. The van der Waals surface area contributed by atoms with Crippen molar-refractivity contribution in [1.82, 2.24) is 4.98 Å². The molecule has 1 aromatic heterocycles. The highest BCUT2D eigenvalue weighted by Crippen LogP contribution is 2.34. The van der Waals surface area contributed by atoms with E-state index in [0.29, 0.717) is 11.8 Å². The molecule has 1 heterocycles. The van der Waals surface area contributed by atoms with Crippen LogP contribution in [0.3, 0.4) is 0 Å². The first-order valence-corrected chi connectivity index (χ1v) is 7.65. The van der Waals surface area contributed by atoms with Crippen molar-refractivity contribution in [3.05, 3.63) is 50.5 Å². The zero-order chi connectivity index (χ0) is 14.0. The molecule has 0 aliphatic carbocycles. The maximum absolute atomic E-state index is 5.93. The molecule has 0 radical (unpaired) electrons. The van der Waals surface area contributed by atoms with Gasteiger partial charge >= 0.3 is 0 Å². The Morgan fingerprint density at radius 2 is 1.89 bits per heavy atom. The number of aryl methyl sites for hydroxylation is 1. The fourth-order valence-electron chi connectivity index (χ4n) is 1.76. The zero-order valence-electron chi connectivity index (χ0n) is 11.1. The summed E-state index contributed by atoms with van der Waals surface area (Å²) in [6.45, 7) is 6.29. The van der Waals surface area contributed by atoms with E-state index in [1.807, 2.05) is 25.1 Å². The Morgan fingerprint density at radius 1 is 1.16 bits per heavy atom. The summed E-state index contributed by atoms with van der Waals surface area (Å²) in [6.07, 6.45) is 1.80. The van der Waals surface area contributed by atoms with E-state index in [1.54, 1.807) is 6.20 Å². The lowest BCUT2D eigenvalue weighted by Gasteiger charge is -2.14. The number of benzene rings is 1. The summed E-state index contributed by atoms with van der Waals surface area (Å²) >= 11 is 6.98. The van der Waals surface area contributed by atoms with Crippen LogP contribution >= 0.6 is 31.9 Å². The van der Waals surface area contributed by atoms with Crippen molar-refractivity contribution in [2.45, 2.75) is 26.7 Å². The van der Waals surface area contributed by atoms with E-state index >= 15 is 0 Å². The Kier molecular flexibility index (Phi) is 4.63. The van der Waals surface area contributed by atoms with Gasteiger partial charge in [-0.05, 0) is 64.2 Å². The van der Waals surface area contributed by atoms with Crippen LogP contribution in [0.15, 0.2) is 39.4 Å². The molecule has 2 rings (SSSR count). The monoisotopic (exact) mass is 383 g/mol. The van der Waals surface area contributed by atoms with Gasteiger partial charge < -0.3 is 4.74 Å². The van der Waals surface area contributed by atoms with E-state index in [2.05, 4.69) is 56.8 Å². The van der Waals surface area contributed by atoms with E-state index in [0.717, 1.165) is 25.8 Å². The SMILES string of the molecule is Cc1cnc(Oc2ccc(Br)cc2C(C)C)c(Br)c1. The summed E-state index contributed by atoms with van der Waals surface area (Å²) in [5.74, 6) is 1.82. The van der Waals surface area contributed by atoms with Crippen molar-refractivity contribution in [2.24, 2.45) is 0 Å². The third kappa shape index (κ3) is 3.57. The van der Waals surface area contributed by atoms with Crippen molar-refractivity contribution in [3.63, 3.8) is 0 Å². The largest absolute Gasteiger partial charge is 0.438 e. The third-order valence-electron chi connectivity index (χ3n) is 2.74. The summed E-state index contributed by atoms with van der Waals surface area (Å²) in [5, 5.41) is 0. The minimum absolute atomic E-state index is 0.386. The molecule has 0 spiro atoms. The normalized spacial score (nSPS) is 10.8. The molecule has 0 amide bonds. The number of halogens is 2. The highest BCUT2D eigenvalue weighted by molar-refractivity contribution is 9.10. The van der Waals surface area contributed by atoms with Gasteiger partial charge in [0.05, 0.1) is 4.47 Å². The number of nitrogens with zero attached hydrogens (tertiary/aromatic N) is 1. The van der Waals surface area contributed by atoms with E-state index in [-0.39, 0.29) is 0 Å². The third-order valence-corrected chi connectivity index (χ3v) is 3.81. The predicted octanol–water partition coefficient (Wildman–Crippen LogP) is 5.83.